The van der Waals surface area contributed by atoms with Gasteiger partial charge in [0.05, 0.1) is 15.5 Å². The second-order valence-corrected chi connectivity index (χ2v) is 8.69. The van der Waals surface area contributed by atoms with Crippen molar-refractivity contribution in [1.82, 2.24) is 0 Å². The number of anilines is 1. The van der Waals surface area contributed by atoms with Crippen LogP contribution in [0.15, 0.2) is 70.5 Å². The van der Waals surface area contributed by atoms with Gasteiger partial charge in [0.25, 0.3) is 20.1 Å². The predicted molar refractivity (Wildman–Crippen MR) is 95.8 cm³/mol. The van der Waals surface area contributed by atoms with Crippen LogP contribution < -0.4 is 4.72 Å². The van der Waals surface area contributed by atoms with Gasteiger partial charge in [0.1, 0.15) is 0 Å². The summed E-state index contributed by atoms with van der Waals surface area (Å²) in [5, 5.41) is 1.00. The Hall–Kier alpha value is -2.42. The maximum Gasteiger partial charge on any atom is 0.294 e. The number of aryl methyl sites for hydroxylation is 1. The van der Waals surface area contributed by atoms with Crippen LogP contribution in [0.3, 0.4) is 0 Å². The molecule has 0 saturated heterocycles. The lowest BCUT2D eigenvalue weighted by atomic mass is 10.1. The third-order valence-corrected chi connectivity index (χ3v) is 5.96. The fourth-order valence-corrected chi connectivity index (χ4v) is 4.03. The second-order valence-electron chi connectivity index (χ2n) is 5.58. The molecule has 0 aromatic heterocycles. The molecule has 0 aliphatic rings. The molecule has 3 aromatic rings. The zero-order valence-electron chi connectivity index (χ0n) is 13.2. The number of hydrogen-bond donors (Lipinski definition) is 2. The van der Waals surface area contributed by atoms with Gasteiger partial charge in [-0.25, -0.2) is 8.42 Å². The van der Waals surface area contributed by atoms with E-state index in [4.69, 9.17) is 4.55 Å². The van der Waals surface area contributed by atoms with E-state index in [-0.39, 0.29) is 9.79 Å². The molecule has 0 spiro atoms. The first kappa shape index (κ1) is 17.4. The van der Waals surface area contributed by atoms with Crippen LogP contribution in [-0.4, -0.2) is 21.4 Å². The van der Waals surface area contributed by atoms with Crippen LogP contribution in [0.1, 0.15) is 5.56 Å². The van der Waals surface area contributed by atoms with E-state index in [1.807, 2.05) is 6.92 Å². The van der Waals surface area contributed by atoms with Gasteiger partial charge in [-0.2, -0.15) is 8.42 Å². The first-order chi connectivity index (χ1) is 11.7. The molecule has 130 valence electrons. The number of nitrogens with one attached hydrogen (secondary N) is 1. The zero-order chi connectivity index (χ0) is 18.2. The maximum atomic E-state index is 12.5. The normalized spacial score (nSPS) is 12.2. The highest BCUT2D eigenvalue weighted by molar-refractivity contribution is 7.92. The van der Waals surface area contributed by atoms with Crippen molar-refractivity contribution in [2.45, 2.75) is 16.7 Å². The third kappa shape index (κ3) is 3.65. The van der Waals surface area contributed by atoms with Crippen LogP contribution in [0.25, 0.3) is 10.8 Å². The molecule has 0 bridgehead atoms. The van der Waals surface area contributed by atoms with Crippen LogP contribution in [0.2, 0.25) is 0 Å². The minimum absolute atomic E-state index is 0.129. The average molecular weight is 377 g/mol. The highest BCUT2D eigenvalue weighted by Crippen LogP contribution is 2.28. The lowest BCUT2D eigenvalue weighted by molar-refractivity contribution is 0.483. The summed E-state index contributed by atoms with van der Waals surface area (Å²) >= 11 is 0. The molecule has 0 radical (unpaired) electrons. The Bertz CT molecular complexity index is 1150. The molecule has 0 amide bonds. The van der Waals surface area contributed by atoms with Crippen molar-refractivity contribution in [2.75, 3.05) is 4.72 Å². The molecular formula is C17H15NO5S2. The van der Waals surface area contributed by atoms with Crippen LogP contribution in [0.4, 0.5) is 5.69 Å². The molecule has 0 fully saturated rings. The molecular weight excluding hydrogens is 362 g/mol. The Balaban J connectivity index is 2.06. The second kappa shape index (κ2) is 6.14. The van der Waals surface area contributed by atoms with E-state index >= 15 is 0 Å². The van der Waals surface area contributed by atoms with E-state index in [2.05, 4.69) is 4.72 Å². The molecule has 25 heavy (non-hydrogen) atoms. The van der Waals surface area contributed by atoms with Crippen molar-refractivity contribution >= 4 is 36.6 Å². The molecule has 0 aliphatic heterocycles. The Kier molecular flexibility index (Phi) is 4.28. The number of rotatable bonds is 4. The van der Waals surface area contributed by atoms with Crippen molar-refractivity contribution in [3.63, 3.8) is 0 Å². The summed E-state index contributed by atoms with van der Waals surface area (Å²) in [5.74, 6) is 0. The monoisotopic (exact) mass is 377 g/mol. The number of benzene rings is 3. The predicted octanol–water partition coefficient (Wildman–Crippen LogP) is 3.20. The average Bonchev–Trinajstić information content (AvgIpc) is 2.54. The first-order valence-corrected chi connectivity index (χ1v) is 10.2. The van der Waals surface area contributed by atoms with E-state index in [0.29, 0.717) is 16.5 Å². The van der Waals surface area contributed by atoms with Crippen LogP contribution in [0.5, 0.6) is 0 Å². The molecule has 3 aromatic carbocycles. The summed E-state index contributed by atoms with van der Waals surface area (Å²) in [6, 6.07) is 15.2. The topological polar surface area (TPSA) is 101 Å². The highest BCUT2D eigenvalue weighted by Gasteiger charge is 2.16. The Labute approximate surface area is 145 Å². The van der Waals surface area contributed by atoms with Crippen LogP contribution in [-0.2, 0) is 20.1 Å². The van der Waals surface area contributed by atoms with E-state index in [1.165, 1.54) is 30.3 Å². The number of fused-ring (bicyclic) bond motifs is 1. The van der Waals surface area contributed by atoms with Gasteiger partial charge in [-0.05, 0) is 42.6 Å². The van der Waals surface area contributed by atoms with E-state index in [9.17, 15) is 16.8 Å². The van der Waals surface area contributed by atoms with Gasteiger partial charge >= 0.3 is 0 Å². The molecule has 0 heterocycles. The van der Waals surface area contributed by atoms with Crippen molar-refractivity contribution < 1.29 is 21.4 Å². The minimum atomic E-state index is -4.33. The third-order valence-electron chi connectivity index (χ3n) is 3.73. The van der Waals surface area contributed by atoms with Crippen molar-refractivity contribution in [2.24, 2.45) is 0 Å². The van der Waals surface area contributed by atoms with Crippen LogP contribution >= 0.6 is 0 Å². The first-order valence-electron chi connectivity index (χ1n) is 7.27. The molecule has 2 N–H and O–H groups in total. The van der Waals surface area contributed by atoms with Gasteiger partial charge in [-0.1, -0.05) is 35.9 Å². The summed E-state index contributed by atoms with van der Waals surface area (Å²) in [7, 11) is -8.11. The minimum Gasteiger partial charge on any atom is -0.282 e. The number of sulfonamides is 1. The van der Waals surface area contributed by atoms with E-state index in [1.54, 1.807) is 30.3 Å². The summed E-state index contributed by atoms with van der Waals surface area (Å²) in [4.78, 5) is -0.122. The Morgan fingerprint density at radius 2 is 1.48 bits per heavy atom. The van der Waals surface area contributed by atoms with Crippen molar-refractivity contribution in [3.8, 4) is 0 Å². The van der Waals surface area contributed by atoms with Crippen LogP contribution in [0, 0.1) is 6.92 Å². The fourth-order valence-electron chi connectivity index (χ4n) is 2.43. The summed E-state index contributed by atoms with van der Waals surface area (Å²) in [6.07, 6.45) is 0. The summed E-state index contributed by atoms with van der Waals surface area (Å²) < 4.78 is 59.2. The fraction of sp³-hybridized carbons (Fsp3) is 0.0588. The molecule has 0 atom stereocenters. The largest absolute Gasteiger partial charge is 0.294 e. The summed E-state index contributed by atoms with van der Waals surface area (Å²) in [6.45, 7) is 1.86. The maximum absolute atomic E-state index is 12.5. The molecule has 0 aliphatic carbocycles. The lowest BCUT2D eigenvalue weighted by Crippen LogP contribution is -2.13. The van der Waals surface area contributed by atoms with Crippen molar-refractivity contribution in [1.29, 1.82) is 0 Å². The smallest absolute Gasteiger partial charge is 0.282 e. The van der Waals surface area contributed by atoms with Gasteiger partial charge in [-0.3, -0.25) is 9.27 Å². The molecule has 3 rings (SSSR count). The van der Waals surface area contributed by atoms with E-state index in [0.717, 1.165) is 5.56 Å². The molecule has 6 nitrogen and oxygen atoms in total. The molecule has 0 unspecified atom stereocenters. The van der Waals surface area contributed by atoms with Gasteiger partial charge in [0.15, 0.2) is 0 Å². The SMILES string of the molecule is Cc1ccc(S(=O)(=O)Nc2cccc3cc(S(=O)(=O)O)ccc23)cc1. The van der Waals surface area contributed by atoms with E-state index < -0.39 is 20.1 Å². The van der Waals surface area contributed by atoms with Gasteiger partial charge in [0, 0.05) is 5.39 Å². The van der Waals surface area contributed by atoms with Gasteiger partial charge in [0.2, 0.25) is 0 Å². The Morgan fingerprint density at radius 1 is 0.840 bits per heavy atom. The quantitative estimate of drug-likeness (QED) is 0.680. The zero-order valence-corrected chi connectivity index (χ0v) is 14.8. The van der Waals surface area contributed by atoms with Crippen molar-refractivity contribution in [3.05, 3.63) is 66.2 Å². The number of hydrogen-bond acceptors (Lipinski definition) is 4. The summed E-state index contributed by atoms with van der Waals surface area (Å²) in [5.41, 5.74) is 1.27. The highest BCUT2D eigenvalue weighted by atomic mass is 32.2. The standard InChI is InChI=1S/C17H15NO5S2/c1-12-5-7-14(8-6-12)24(19,20)18-17-4-2-3-13-11-15(25(21,22)23)9-10-16(13)17/h2-11,18H,1H3,(H,21,22,23). The van der Waals surface area contributed by atoms with Gasteiger partial charge < -0.3 is 0 Å². The molecule has 0 saturated carbocycles. The molecule has 8 heteroatoms. The lowest BCUT2D eigenvalue weighted by Gasteiger charge is -2.11. The van der Waals surface area contributed by atoms with Gasteiger partial charge in [-0.15, -0.1) is 0 Å². The Morgan fingerprint density at radius 3 is 2.12 bits per heavy atom.